The Morgan fingerprint density at radius 2 is 1.76 bits per heavy atom. The summed E-state index contributed by atoms with van der Waals surface area (Å²) in [6, 6.07) is 18.5. The van der Waals surface area contributed by atoms with Gasteiger partial charge < -0.3 is 11.1 Å². The van der Waals surface area contributed by atoms with E-state index in [0.29, 0.717) is 5.82 Å². The van der Waals surface area contributed by atoms with Gasteiger partial charge in [-0.3, -0.25) is 0 Å². The Morgan fingerprint density at radius 3 is 2.52 bits per heavy atom. The number of benzene rings is 2. The van der Waals surface area contributed by atoms with E-state index in [2.05, 4.69) is 53.0 Å². The number of rotatable bonds is 4. The lowest BCUT2D eigenvalue weighted by Crippen LogP contribution is -2.01. The number of nitrogens with one attached hydrogen (secondary N) is 1. The molecule has 2 aromatic carbocycles. The molecule has 1 heterocycles. The average molecular weight is 295 g/mol. The maximum Gasteiger partial charge on any atom is 0.147 e. The molecule has 0 aliphatic rings. The predicted molar refractivity (Wildman–Crippen MR) is 90.5 cm³/mol. The molecule has 0 radical (unpaired) electrons. The summed E-state index contributed by atoms with van der Waals surface area (Å²) >= 11 is 1.41. The average Bonchev–Trinajstić information content (AvgIpc) is 2.88. The number of aryl methyl sites for hydroxylation is 1. The highest BCUT2D eigenvalue weighted by Crippen LogP contribution is 2.36. The van der Waals surface area contributed by atoms with Crippen molar-refractivity contribution in [2.75, 3.05) is 11.1 Å². The highest BCUT2D eigenvalue weighted by atomic mass is 32.1. The lowest BCUT2D eigenvalue weighted by atomic mass is 10.1. The Bertz CT molecular complexity index is 735. The first-order chi connectivity index (χ1) is 10.3. The number of hydrogen-bond acceptors (Lipinski definition) is 4. The highest BCUT2D eigenvalue weighted by Gasteiger charge is 2.13. The Balaban J connectivity index is 1.86. The molecule has 0 aliphatic heterocycles. The quantitative estimate of drug-likeness (QED) is 0.754. The van der Waals surface area contributed by atoms with Crippen LogP contribution in [0, 0.1) is 6.92 Å². The summed E-state index contributed by atoms with van der Waals surface area (Å²) < 4.78 is 4.28. The van der Waals surface area contributed by atoms with E-state index in [1.54, 1.807) is 0 Å². The standard InChI is InChI=1S/C17H17N3S/c1-12-7-5-6-10-14(12)11-19-17-15(16(18)20-21-17)13-8-3-2-4-9-13/h2-10,19H,11H2,1H3,(H2,18,20). The summed E-state index contributed by atoms with van der Waals surface area (Å²) in [7, 11) is 0. The number of aromatic nitrogens is 1. The summed E-state index contributed by atoms with van der Waals surface area (Å²) in [5.41, 5.74) is 10.7. The van der Waals surface area contributed by atoms with E-state index in [-0.39, 0.29) is 0 Å². The minimum Gasteiger partial charge on any atom is -0.382 e. The second-order valence-electron chi connectivity index (χ2n) is 4.92. The predicted octanol–water partition coefficient (Wildman–Crippen LogP) is 4.31. The third kappa shape index (κ3) is 2.90. The van der Waals surface area contributed by atoms with Crippen molar-refractivity contribution in [3.63, 3.8) is 0 Å². The number of hydrogen-bond donors (Lipinski definition) is 2. The van der Waals surface area contributed by atoms with Crippen molar-refractivity contribution in [3.8, 4) is 11.1 Å². The lowest BCUT2D eigenvalue weighted by molar-refractivity contribution is 1.13. The summed E-state index contributed by atoms with van der Waals surface area (Å²) in [6.45, 7) is 2.89. The molecule has 4 heteroatoms. The normalized spacial score (nSPS) is 10.5. The zero-order valence-electron chi connectivity index (χ0n) is 11.8. The molecule has 0 atom stereocenters. The molecule has 0 saturated carbocycles. The first kappa shape index (κ1) is 13.6. The molecule has 0 amide bonds. The molecule has 3 nitrogen and oxygen atoms in total. The van der Waals surface area contributed by atoms with Gasteiger partial charge in [0.15, 0.2) is 0 Å². The Kier molecular flexibility index (Phi) is 3.88. The van der Waals surface area contributed by atoms with Crippen LogP contribution in [0.5, 0.6) is 0 Å². The second kappa shape index (κ2) is 5.97. The van der Waals surface area contributed by atoms with Crippen LogP contribution >= 0.6 is 11.5 Å². The van der Waals surface area contributed by atoms with Gasteiger partial charge in [-0.1, -0.05) is 54.6 Å². The largest absolute Gasteiger partial charge is 0.382 e. The van der Waals surface area contributed by atoms with Crippen LogP contribution in [0.25, 0.3) is 11.1 Å². The van der Waals surface area contributed by atoms with Gasteiger partial charge in [0.1, 0.15) is 10.8 Å². The van der Waals surface area contributed by atoms with E-state index in [9.17, 15) is 0 Å². The van der Waals surface area contributed by atoms with Crippen LogP contribution in [0.4, 0.5) is 10.8 Å². The van der Waals surface area contributed by atoms with Crippen molar-refractivity contribution in [1.29, 1.82) is 0 Å². The Labute approximate surface area is 128 Å². The molecule has 0 unspecified atom stereocenters. The molecule has 0 aliphatic carbocycles. The van der Waals surface area contributed by atoms with Crippen molar-refractivity contribution in [1.82, 2.24) is 4.37 Å². The van der Waals surface area contributed by atoms with Crippen LogP contribution in [0.1, 0.15) is 11.1 Å². The van der Waals surface area contributed by atoms with Gasteiger partial charge in [-0.2, -0.15) is 4.37 Å². The summed E-state index contributed by atoms with van der Waals surface area (Å²) in [5.74, 6) is 0.582. The molecule has 21 heavy (non-hydrogen) atoms. The second-order valence-corrected chi connectivity index (χ2v) is 5.69. The van der Waals surface area contributed by atoms with Crippen LogP contribution < -0.4 is 11.1 Å². The van der Waals surface area contributed by atoms with Crippen LogP contribution in [-0.4, -0.2) is 4.37 Å². The fraction of sp³-hybridized carbons (Fsp3) is 0.118. The molecule has 3 N–H and O–H groups in total. The maximum absolute atomic E-state index is 6.03. The Hall–Kier alpha value is -2.33. The van der Waals surface area contributed by atoms with Crippen LogP contribution in [0.15, 0.2) is 54.6 Å². The van der Waals surface area contributed by atoms with Crippen LogP contribution in [-0.2, 0) is 6.54 Å². The van der Waals surface area contributed by atoms with Crippen molar-refractivity contribution < 1.29 is 0 Å². The van der Waals surface area contributed by atoms with Gasteiger partial charge in [-0.05, 0) is 35.1 Å². The number of nitrogen functional groups attached to an aromatic ring is 1. The van der Waals surface area contributed by atoms with Crippen molar-refractivity contribution >= 4 is 22.4 Å². The van der Waals surface area contributed by atoms with Gasteiger partial charge in [-0.15, -0.1) is 0 Å². The van der Waals surface area contributed by atoms with E-state index >= 15 is 0 Å². The fourth-order valence-electron chi connectivity index (χ4n) is 2.29. The molecule has 3 aromatic rings. The topological polar surface area (TPSA) is 50.9 Å². The van der Waals surface area contributed by atoms with E-state index in [1.165, 1.54) is 22.7 Å². The zero-order valence-corrected chi connectivity index (χ0v) is 12.7. The van der Waals surface area contributed by atoms with E-state index in [4.69, 9.17) is 5.73 Å². The van der Waals surface area contributed by atoms with E-state index in [1.807, 2.05) is 18.2 Å². The maximum atomic E-state index is 6.03. The van der Waals surface area contributed by atoms with Crippen LogP contribution in [0.2, 0.25) is 0 Å². The Morgan fingerprint density at radius 1 is 1.05 bits per heavy atom. The third-order valence-corrected chi connectivity index (χ3v) is 4.30. The minimum atomic E-state index is 0.582. The summed E-state index contributed by atoms with van der Waals surface area (Å²) in [5, 5.41) is 4.48. The molecule has 0 bridgehead atoms. The number of nitrogens with zero attached hydrogens (tertiary/aromatic N) is 1. The lowest BCUT2D eigenvalue weighted by Gasteiger charge is -2.09. The van der Waals surface area contributed by atoms with Gasteiger partial charge in [0, 0.05) is 6.54 Å². The van der Waals surface area contributed by atoms with Gasteiger partial charge in [0.05, 0.1) is 5.56 Å². The van der Waals surface area contributed by atoms with Gasteiger partial charge in [0.25, 0.3) is 0 Å². The highest BCUT2D eigenvalue weighted by molar-refractivity contribution is 7.11. The number of nitrogens with two attached hydrogens (primary N) is 1. The SMILES string of the molecule is Cc1ccccc1CNc1snc(N)c1-c1ccccc1. The molecular formula is C17H17N3S. The van der Waals surface area contributed by atoms with Gasteiger partial charge in [0.2, 0.25) is 0 Å². The summed E-state index contributed by atoms with van der Waals surface area (Å²) in [6.07, 6.45) is 0. The van der Waals surface area contributed by atoms with Gasteiger partial charge in [-0.25, -0.2) is 0 Å². The molecule has 0 fully saturated rings. The molecular weight excluding hydrogens is 278 g/mol. The number of anilines is 2. The van der Waals surface area contributed by atoms with Gasteiger partial charge >= 0.3 is 0 Å². The third-order valence-electron chi connectivity index (χ3n) is 3.48. The fourth-order valence-corrected chi connectivity index (χ4v) is 3.02. The van der Waals surface area contributed by atoms with Crippen molar-refractivity contribution in [2.45, 2.75) is 13.5 Å². The smallest absolute Gasteiger partial charge is 0.147 e. The zero-order chi connectivity index (χ0) is 14.7. The minimum absolute atomic E-state index is 0.582. The van der Waals surface area contributed by atoms with E-state index < -0.39 is 0 Å². The van der Waals surface area contributed by atoms with Crippen molar-refractivity contribution in [3.05, 3.63) is 65.7 Å². The first-order valence-corrected chi connectivity index (χ1v) is 7.62. The molecule has 0 spiro atoms. The van der Waals surface area contributed by atoms with E-state index in [0.717, 1.165) is 22.7 Å². The van der Waals surface area contributed by atoms with Crippen LogP contribution in [0.3, 0.4) is 0 Å². The van der Waals surface area contributed by atoms with Crippen molar-refractivity contribution in [2.24, 2.45) is 0 Å². The monoisotopic (exact) mass is 295 g/mol. The summed E-state index contributed by atoms with van der Waals surface area (Å²) in [4.78, 5) is 0. The molecule has 106 valence electrons. The molecule has 3 rings (SSSR count). The first-order valence-electron chi connectivity index (χ1n) is 6.84. The molecule has 0 saturated heterocycles. The molecule has 1 aromatic heterocycles.